The molecule has 1 aliphatic rings. The van der Waals surface area contributed by atoms with Gasteiger partial charge in [-0.15, -0.1) is 0 Å². The highest BCUT2D eigenvalue weighted by atomic mass is 35.5. The zero-order valence-electron chi connectivity index (χ0n) is 11.4. The Morgan fingerprint density at radius 2 is 2.21 bits per heavy atom. The molecule has 0 aromatic heterocycles. The minimum absolute atomic E-state index is 0.193. The van der Waals surface area contributed by atoms with Crippen molar-refractivity contribution in [2.45, 2.75) is 31.8 Å². The van der Waals surface area contributed by atoms with Crippen molar-refractivity contribution in [1.29, 1.82) is 0 Å². The number of anilines is 1. The molecule has 5 heteroatoms. The van der Waals surface area contributed by atoms with Crippen molar-refractivity contribution >= 4 is 17.3 Å². The van der Waals surface area contributed by atoms with E-state index in [0.717, 1.165) is 19.5 Å². The van der Waals surface area contributed by atoms with Crippen LogP contribution in [0.4, 0.5) is 10.1 Å². The van der Waals surface area contributed by atoms with E-state index in [0.29, 0.717) is 23.3 Å². The van der Waals surface area contributed by atoms with E-state index in [1.165, 1.54) is 12.1 Å². The molecular formula is C14H21ClFN3. The number of halogens is 2. The van der Waals surface area contributed by atoms with E-state index in [-0.39, 0.29) is 11.4 Å². The molecule has 1 aliphatic heterocycles. The molecule has 1 aromatic carbocycles. The first-order valence-corrected chi connectivity index (χ1v) is 7.00. The van der Waals surface area contributed by atoms with Crippen LogP contribution in [0.15, 0.2) is 18.2 Å². The molecule has 0 amide bonds. The number of nitrogens with two attached hydrogens (primary N) is 1. The molecule has 0 radical (unpaired) electrons. The summed E-state index contributed by atoms with van der Waals surface area (Å²) in [6, 6.07) is 4.99. The van der Waals surface area contributed by atoms with Crippen molar-refractivity contribution in [3.8, 4) is 0 Å². The Labute approximate surface area is 118 Å². The molecule has 1 heterocycles. The van der Waals surface area contributed by atoms with Crippen LogP contribution in [0.5, 0.6) is 0 Å². The van der Waals surface area contributed by atoms with Crippen LogP contribution in [0.25, 0.3) is 0 Å². The molecule has 1 aromatic rings. The molecule has 19 heavy (non-hydrogen) atoms. The Morgan fingerprint density at radius 1 is 1.47 bits per heavy atom. The van der Waals surface area contributed by atoms with Crippen molar-refractivity contribution in [3.63, 3.8) is 0 Å². The summed E-state index contributed by atoms with van der Waals surface area (Å²) in [5.74, 6) is -0.333. The van der Waals surface area contributed by atoms with E-state index in [1.807, 2.05) is 0 Å². The van der Waals surface area contributed by atoms with Gasteiger partial charge in [-0.3, -0.25) is 4.90 Å². The van der Waals surface area contributed by atoms with Gasteiger partial charge >= 0.3 is 0 Å². The smallest absolute Gasteiger partial charge is 0.126 e. The third kappa shape index (κ3) is 3.38. The molecule has 1 atom stereocenters. The first kappa shape index (κ1) is 14.6. The predicted octanol–water partition coefficient (Wildman–Crippen LogP) is 2.70. The molecule has 0 spiro atoms. The summed E-state index contributed by atoms with van der Waals surface area (Å²) in [5, 5.41) is 3.78. The van der Waals surface area contributed by atoms with Crippen LogP contribution >= 0.6 is 11.6 Å². The molecule has 1 fully saturated rings. The molecule has 3 N–H and O–H groups in total. The zero-order chi connectivity index (χ0) is 14.0. The number of hydrogen-bond acceptors (Lipinski definition) is 3. The second kappa shape index (κ2) is 5.65. The van der Waals surface area contributed by atoms with E-state index in [1.54, 1.807) is 6.07 Å². The first-order chi connectivity index (χ1) is 8.94. The Balaban J connectivity index is 2.15. The number of benzene rings is 1. The van der Waals surface area contributed by atoms with E-state index in [4.69, 9.17) is 17.3 Å². The van der Waals surface area contributed by atoms with Crippen LogP contribution in [0.3, 0.4) is 0 Å². The summed E-state index contributed by atoms with van der Waals surface area (Å²) in [5.41, 5.74) is 6.44. The van der Waals surface area contributed by atoms with Gasteiger partial charge in [-0.05, 0) is 38.5 Å². The predicted molar refractivity (Wildman–Crippen MR) is 78.1 cm³/mol. The summed E-state index contributed by atoms with van der Waals surface area (Å²) in [4.78, 5) is 2.38. The normalized spacial score (nSPS) is 24.1. The molecule has 0 saturated carbocycles. The topological polar surface area (TPSA) is 41.3 Å². The molecule has 0 bridgehead atoms. The van der Waals surface area contributed by atoms with Gasteiger partial charge in [0.2, 0.25) is 0 Å². The van der Waals surface area contributed by atoms with E-state index < -0.39 is 0 Å². The average molecular weight is 286 g/mol. The van der Waals surface area contributed by atoms with Gasteiger partial charge in [0.1, 0.15) is 5.82 Å². The third-order valence-corrected chi connectivity index (χ3v) is 3.99. The molecule has 1 unspecified atom stereocenters. The molecular weight excluding hydrogens is 265 g/mol. The lowest BCUT2D eigenvalue weighted by Gasteiger charge is -2.31. The van der Waals surface area contributed by atoms with E-state index in [2.05, 4.69) is 24.1 Å². The van der Waals surface area contributed by atoms with Crippen molar-refractivity contribution in [2.75, 3.05) is 25.0 Å². The van der Waals surface area contributed by atoms with E-state index in [9.17, 15) is 4.39 Å². The summed E-state index contributed by atoms with van der Waals surface area (Å²) < 4.78 is 13.4. The maximum absolute atomic E-state index is 13.4. The Hall–Kier alpha value is -0.840. The summed E-state index contributed by atoms with van der Waals surface area (Å²) >= 11 is 5.88. The molecule has 2 rings (SSSR count). The zero-order valence-corrected chi connectivity index (χ0v) is 12.2. The largest absolute Gasteiger partial charge is 0.377 e. The van der Waals surface area contributed by atoms with Gasteiger partial charge in [0, 0.05) is 36.4 Å². The highest BCUT2D eigenvalue weighted by molar-refractivity contribution is 6.30. The number of hydrogen-bond donors (Lipinski definition) is 2. The second-order valence-corrected chi connectivity index (χ2v) is 6.02. The SMILES string of the molecule is CC(C)N1CCC(CN)(Nc2cc(F)cc(Cl)c2)C1. The van der Waals surface area contributed by atoms with Crippen LogP contribution in [0.1, 0.15) is 20.3 Å². The van der Waals surface area contributed by atoms with Crippen LogP contribution in [0.2, 0.25) is 5.02 Å². The maximum atomic E-state index is 13.4. The van der Waals surface area contributed by atoms with Crippen molar-refractivity contribution in [2.24, 2.45) is 5.73 Å². The van der Waals surface area contributed by atoms with Gasteiger partial charge in [0.15, 0.2) is 0 Å². The standard InChI is InChI=1S/C14H21ClFN3/c1-10(2)19-4-3-14(8-17,9-19)18-13-6-11(15)5-12(16)7-13/h5-7,10,18H,3-4,8-9,17H2,1-2H3. The molecule has 3 nitrogen and oxygen atoms in total. The third-order valence-electron chi connectivity index (χ3n) is 3.78. The average Bonchev–Trinajstić information content (AvgIpc) is 2.73. The minimum atomic E-state index is -0.333. The van der Waals surface area contributed by atoms with Gasteiger partial charge in [0.25, 0.3) is 0 Å². The lowest BCUT2D eigenvalue weighted by atomic mass is 9.98. The monoisotopic (exact) mass is 285 g/mol. The Morgan fingerprint density at radius 3 is 2.74 bits per heavy atom. The van der Waals surface area contributed by atoms with Crippen LogP contribution in [-0.4, -0.2) is 36.1 Å². The maximum Gasteiger partial charge on any atom is 0.126 e. The number of nitrogens with one attached hydrogen (secondary N) is 1. The van der Waals surface area contributed by atoms with Crippen LogP contribution in [-0.2, 0) is 0 Å². The highest BCUT2D eigenvalue weighted by Gasteiger charge is 2.37. The van der Waals surface area contributed by atoms with Gasteiger partial charge in [0.05, 0.1) is 5.54 Å². The fourth-order valence-electron chi connectivity index (χ4n) is 2.60. The molecule has 0 aliphatic carbocycles. The first-order valence-electron chi connectivity index (χ1n) is 6.62. The van der Waals surface area contributed by atoms with Crippen molar-refractivity contribution in [1.82, 2.24) is 4.90 Å². The van der Waals surface area contributed by atoms with Crippen LogP contribution < -0.4 is 11.1 Å². The molecule has 106 valence electrons. The second-order valence-electron chi connectivity index (χ2n) is 5.58. The number of likely N-dealkylation sites (tertiary alicyclic amines) is 1. The van der Waals surface area contributed by atoms with Gasteiger partial charge in [-0.25, -0.2) is 4.39 Å². The lowest BCUT2D eigenvalue weighted by molar-refractivity contribution is 0.262. The van der Waals surface area contributed by atoms with Gasteiger partial charge in [-0.1, -0.05) is 11.6 Å². The van der Waals surface area contributed by atoms with Gasteiger partial charge < -0.3 is 11.1 Å². The van der Waals surface area contributed by atoms with Gasteiger partial charge in [-0.2, -0.15) is 0 Å². The number of nitrogens with zero attached hydrogens (tertiary/aromatic N) is 1. The summed E-state index contributed by atoms with van der Waals surface area (Å²) in [6.45, 7) is 6.74. The lowest BCUT2D eigenvalue weighted by Crippen LogP contribution is -2.48. The summed E-state index contributed by atoms with van der Waals surface area (Å²) in [7, 11) is 0. The Kier molecular flexibility index (Phi) is 4.33. The number of rotatable bonds is 4. The fraction of sp³-hybridized carbons (Fsp3) is 0.571. The summed E-state index contributed by atoms with van der Waals surface area (Å²) in [6.07, 6.45) is 0.954. The Bertz CT molecular complexity index is 432. The highest BCUT2D eigenvalue weighted by Crippen LogP contribution is 2.28. The van der Waals surface area contributed by atoms with Crippen molar-refractivity contribution in [3.05, 3.63) is 29.0 Å². The quantitative estimate of drug-likeness (QED) is 0.894. The fourth-order valence-corrected chi connectivity index (χ4v) is 2.82. The van der Waals surface area contributed by atoms with E-state index >= 15 is 0 Å². The minimum Gasteiger partial charge on any atom is -0.377 e. The molecule has 1 saturated heterocycles. The van der Waals surface area contributed by atoms with Crippen LogP contribution in [0, 0.1) is 5.82 Å². The van der Waals surface area contributed by atoms with Crippen molar-refractivity contribution < 1.29 is 4.39 Å².